The SMILES string of the molecule is CC(C)C(=O)NC(C)c1ccc(-n2ccnc2)cc1. The number of amides is 1. The lowest BCUT2D eigenvalue weighted by molar-refractivity contribution is -0.124. The van der Waals surface area contributed by atoms with E-state index < -0.39 is 0 Å². The molecule has 4 heteroatoms. The molecule has 1 heterocycles. The highest BCUT2D eigenvalue weighted by molar-refractivity contribution is 5.78. The fraction of sp³-hybridized carbons (Fsp3) is 0.333. The Morgan fingerprint density at radius 2 is 1.89 bits per heavy atom. The third-order valence-corrected chi connectivity index (χ3v) is 3.08. The first-order valence-corrected chi connectivity index (χ1v) is 6.46. The number of carbonyl (C=O) groups excluding carboxylic acids is 1. The first-order chi connectivity index (χ1) is 9.08. The fourth-order valence-electron chi connectivity index (χ4n) is 1.81. The Morgan fingerprint density at radius 3 is 2.42 bits per heavy atom. The summed E-state index contributed by atoms with van der Waals surface area (Å²) in [6.07, 6.45) is 5.41. The number of nitrogens with one attached hydrogen (secondary N) is 1. The van der Waals surface area contributed by atoms with Crippen LogP contribution in [0.5, 0.6) is 0 Å². The Labute approximate surface area is 113 Å². The zero-order valence-electron chi connectivity index (χ0n) is 11.5. The first kappa shape index (κ1) is 13.3. The third kappa shape index (κ3) is 3.22. The molecule has 1 amide bonds. The number of hydrogen-bond acceptors (Lipinski definition) is 2. The van der Waals surface area contributed by atoms with E-state index in [2.05, 4.69) is 10.3 Å². The summed E-state index contributed by atoms with van der Waals surface area (Å²) < 4.78 is 1.95. The molecule has 0 spiro atoms. The van der Waals surface area contributed by atoms with Crippen LogP contribution in [0.3, 0.4) is 0 Å². The molecule has 2 rings (SSSR count). The molecule has 2 aromatic rings. The quantitative estimate of drug-likeness (QED) is 0.915. The van der Waals surface area contributed by atoms with Crippen molar-refractivity contribution in [1.29, 1.82) is 0 Å². The summed E-state index contributed by atoms with van der Waals surface area (Å²) in [5.74, 6) is 0.0823. The minimum absolute atomic E-state index is 0.00710. The van der Waals surface area contributed by atoms with E-state index >= 15 is 0 Å². The molecule has 1 aromatic heterocycles. The lowest BCUT2D eigenvalue weighted by Gasteiger charge is -2.16. The van der Waals surface area contributed by atoms with Crippen molar-refractivity contribution in [2.24, 2.45) is 5.92 Å². The predicted molar refractivity (Wildman–Crippen MR) is 75.0 cm³/mol. The maximum atomic E-state index is 11.7. The molecule has 1 unspecified atom stereocenters. The van der Waals surface area contributed by atoms with Gasteiger partial charge in [0.1, 0.15) is 0 Å². The predicted octanol–water partition coefficient (Wildman–Crippen LogP) is 2.71. The monoisotopic (exact) mass is 257 g/mol. The standard InChI is InChI=1S/C15H19N3O/c1-11(2)15(19)17-12(3)13-4-6-14(7-5-13)18-9-8-16-10-18/h4-12H,1-3H3,(H,17,19). The highest BCUT2D eigenvalue weighted by atomic mass is 16.1. The Hall–Kier alpha value is -2.10. The minimum Gasteiger partial charge on any atom is -0.349 e. The second-order valence-corrected chi connectivity index (χ2v) is 4.95. The van der Waals surface area contributed by atoms with E-state index in [0.717, 1.165) is 11.3 Å². The van der Waals surface area contributed by atoms with Crippen LogP contribution < -0.4 is 5.32 Å². The normalized spacial score (nSPS) is 12.4. The molecule has 100 valence electrons. The number of imidazole rings is 1. The van der Waals surface area contributed by atoms with Crippen molar-refractivity contribution < 1.29 is 4.79 Å². The highest BCUT2D eigenvalue weighted by Gasteiger charge is 2.12. The van der Waals surface area contributed by atoms with Crippen LogP contribution in [0.2, 0.25) is 0 Å². The Kier molecular flexibility index (Phi) is 4.00. The minimum atomic E-state index is 0.00710. The Morgan fingerprint density at radius 1 is 1.21 bits per heavy atom. The topological polar surface area (TPSA) is 46.9 Å². The number of hydrogen-bond donors (Lipinski definition) is 1. The summed E-state index contributed by atoms with van der Waals surface area (Å²) in [6.45, 7) is 5.78. The van der Waals surface area contributed by atoms with Gasteiger partial charge >= 0.3 is 0 Å². The lowest BCUT2D eigenvalue weighted by Crippen LogP contribution is -2.30. The molecular formula is C15H19N3O. The molecule has 1 N–H and O–H groups in total. The van der Waals surface area contributed by atoms with Crippen LogP contribution in [0.1, 0.15) is 32.4 Å². The average molecular weight is 257 g/mol. The second kappa shape index (κ2) is 5.69. The van der Waals surface area contributed by atoms with Gasteiger partial charge in [0.2, 0.25) is 5.91 Å². The van der Waals surface area contributed by atoms with Crippen LogP contribution >= 0.6 is 0 Å². The van der Waals surface area contributed by atoms with Crippen molar-refractivity contribution in [1.82, 2.24) is 14.9 Å². The van der Waals surface area contributed by atoms with Gasteiger partial charge in [0, 0.05) is 24.0 Å². The van der Waals surface area contributed by atoms with Gasteiger partial charge in [-0.1, -0.05) is 26.0 Å². The van der Waals surface area contributed by atoms with Crippen molar-refractivity contribution in [2.45, 2.75) is 26.8 Å². The van der Waals surface area contributed by atoms with Crippen molar-refractivity contribution in [2.75, 3.05) is 0 Å². The van der Waals surface area contributed by atoms with Crippen molar-refractivity contribution in [3.05, 3.63) is 48.5 Å². The summed E-state index contributed by atoms with van der Waals surface area (Å²) in [5, 5.41) is 2.99. The van der Waals surface area contributed by atoms with Gasteiger partial charge in [0.05, 0.1) is 12.4 Å². The van der Waals surface area contributed by atoms with E-state index in [1.165, 1.54) is 0 Å². The summed E-state index contributed by atoms with van der Waals surface area (Å²) >= 11 is 0. The maximum absolute atomic E-state index is 11.7. The number of nitrogens with zero attached hydrogens (tertiary/aromatic N) is 2. The molecule has 0 aliphatic rings. The fourth-order valence-corrected chi connectivity index (χ4v) is 1.81. The number of aromatic nitrogens is 2. The molecule has 1 aromatic carbocycles. The second-order valence-electron chi connectivity index (χ2n) is 4.95. The Balaban J connectivity index is 2.08. The zero-order valence-corrected chi connectivity index (χ0v) is 11.5. The van der Waals surface area contributed by atoms with Crippen LogP contribution in [0.4, 0.5) is 0 Å². The van der Waals surface area contributed by atoms with E-state index in [1.54, 1.807) is 12.5 Å². The van der Waals surface area contributed by atoms with E-state index in [0.29, 0.717) is 0 Å². The molecule has 0 fully saturated rings. The summed E-state index contributed by atoms with van der Waals surface area (Å²) in [5.41, 5.74) is 2.15. The first-order valence-electron chi connectivity index (χ1n) is 6.46. The van der Waals surface area contributed by atoms with Crippen LogP contribution in [-0.2, 0) is 4.79 Å². The molecular weight excluding hydrogens is 238 g/mol. The van der Waals surface area contributed by atoms with Crippen molar-refractivity contribution >= 4 is 5.91 Å². The van der Waals surface area contributed by atoms with Gasteiger partial charge in [-0.25, -0.2) is 4.98 Å². The van der Waals surface area contributed by atoms with Gasteiger partial charge in [-0.3, -0.25) is 4.79 Å². The molecule has 4 nitrogen and oxygen atoms in total. The number of benzene rings is 1. The van der Waals surface area contributed by atoms with Gasteiger partial charge in [-0.2, -0.15) is 0 Å². The molecule has 19 heavy (non-hydrogen) atoms. The van der Waals surface area contributed by atoms with Gasteiger partial charge in [0.25, 0.3) is 0 Å². The molecule has 0 saturated heterocycles. The van der Waals surface area contributed by atoms with Crippen LogP contribution in [0.25, 0.3) is 5.69 Å². The number of rotatable bonds is 4. The van der Waals surface area contributed by atoms with Crippen molar-refractivity contribution in [3.63, 3.8) is 0 Å². The maximum Gasteiger partial charge on any atom is 0.223 e. The van der Waals surface area contributed by atoms with Gasteiger partial charge < -0.3 is 9.88 Å². The summed E-state index contributed by atoms with van der Waals surface area (Å²) in [6, 6.07) is 8.12. The Bertz CT molecular complexity index is 529. The molecule has 0 radical (unpaired) electrons. The molecule has 0 aliphatic heterocycles. The molecule has 0 saturated carbocycles. The molecule has 1 atom stereocenters. The van der Waals surface area contributed by atoms with Crippen LogP contribution in [0.15, 0.2) is 43.0 Å². The third-order valence-electron chi connectivity index (χ3n) is 3.08. The van der Waals surface area contributed by atoms with Gasteiger partial charge in [0.15, 0.2) is 0 Å². The molecule has 0 bridgehead atoms. The van der Waals surface area contributed by atoms with Crippen LogP contribution in [-0.4, -0.2) is 15.5 Å². The van der Waals surface area contributed by atoms with Crippen molar-refractivity contribution in [3.8, 4) is 5.69 Å². The van der Waals surface area contributed by atoms with Crippen LogP contribution in [0, 0.1) is 5.92 Å². The van der Waals surface area contributed by atoms with E-state index in [9.17, 15) is 4.79 Å². The largest absolute Gasteiger partial charge is 0.349 e. The lowest BCUT2D eigenvalue weighted by atomic mass is 10.1. The number of carbonyl (C=O) groups is 1. The zero-order chi connectivity index (χ0) is 13.8. The van der Waals surface area contributed by atoms with Gasteiger partial charge in [-0.15, -0.1) is 0 Å². The average Bonchev–Trinajstić information content (AvgIpc) is 2.92. The van der Waals surface area contributed by atoms with Gasteiger partial charge in [-0.05, 0) is 24.6 Å². The highest BCUT2D eigenvalue weighted by Crippen LogP contribution is 2.16. The summed E-state index contributed by atoms with van der Waals surface area (Å²) in [7, 11) is 0. The molecule has 0 aliphatic carbocycles. The van der Waals surface area contributed by atoms with E-state index in [1.807, 2.05) is 55.8 Å². The summed E-state index contributed by atoms with van der Waals surface area (Å²) in [4.78, 5) is 15.7. The van der Waals surface area contributed by atoms with E-state index in [4.69, 9.17) is 0 Å². The van der Waals surface area contributed by atoms with E-state index in [-0.39, 0.29) is 17.9 Å². The smallest absolute Gasteiger partial charge is 0.223 e.